The summed E-state index contributed by atoms with van der Waals surface area (Å²) >= 11 is 0. The Morgan fingerprint density at radius 1 is 0.683 bits per heavy atom. The Kier molecular flexibility index (Phi) is 8.33. The van der Waals surface area contributed by atoms with E-state index in [2.05, 4.69) is 87.8 Å². The third-order valence-electron chi connectivity index (χ3n) is 7.02. The van der Waals surface area contributed by atoms with Crippen molar-refractivity contribution in [3.05, 3.63) is 89.0 Å². The summed E-state index contributed by atoms with van der Waals surface area (Å²) in [5, 5.41) is 9.87. The lowest BCUT2D eigenvalue weighted by Crippen LogP contribution is -2.52. The number of anilines is 6. The molecule has 3 N–H and O–H groups in total. The fraction of sp³-hybridized carbons (Fsp3) is 0.312. The van der Waals surface area contributed by atoms with Crippen LogP contribution in [0, 0.1) is 27.7 Å². The number of benzene rings is 3. The molecule has 3 aromatic carbocycles. The number of hydrogen-bond acceptors (Lipinski definition) is 8. The first-order valence-corrected chi connectivity index (χ1v) is 14.0. The van der Waals surface area contributed by atoms with E-state index in [1.165, 1.54) is 5.69 Å². The Morgan fingerprint density at radius 3 is 1.63 bits per heavy atom. The number of para-hydroxylation sites is 1. The molecule has 5 rings (SSSR count). The highest BCUT2D eigenvalue weighted by atomic mass is 16.2. The lowest BCUT2D eigenvalue weighted by molar-refractivity contribution is -0.131. The molecule has 0 saturated carbocycles. The predicted octanol–water partition coefficient (Wildman–Crippen LogP) is 5.74. The Bertz CT molecular complexity index is 1400. The zero-order valence-electron chi connectivity index (χ0n) is 24.4. The Hall–Kier alpha value is -4.66. The molecule has 41 heavy (non-hydrogen) atoms. The van der Waals surface area contributed by atoms with E-state index in [0.717, 1.165) is 46.7 Å². The number of aryl methyl sites for hydroxylation is 4. The summed E-state index contributed by atoms with van der Waals surface area (Å²) in [5.41, 5.74) is 7.51. The highest BCUT2D eigenvalue weighted by Gasteiger charge is 2.26. The molecule has 9 nitrogen and oxygen atoms in total. The normalized spacial score (nSPS) is 14.0. The summed E-state index contributed by atoms with van der Waals surface area (Å²) in [7, 11) is 0. The van der Waals surface area contributed by atoms with E-state index in [1.54, 1.807) is 0 Å². The lowest BCUT2D eigenvalue weighted by Gasteiger charge is -2.37. The first-order valence-electron chi connectivity index (χ1n) is 14.0. The van der Waals surface area contributed by atoms with Gasteiger partial charge in [0.05, 0.1) is 0 Å². The molecule has 1 aliphatic rings. The van der Waals surface area contributed by atoms with Crippen LogP contribution in [-0.4, -0.2) is 58.0 Å². The van der Waals surface area contributed by atoms with Crippen LogP contribution in [0.2, 0.25) is 0 Å². The molecule has 0 spiro atoms. The molecular weight excluding hydrogens is 512 g/mol. The maximum Gasteiger partial charge on any atom is 0.244 e. The molecular formula is C32H38N8O. The molecule has 4 aromatic rings. The zero-order chi connectivity index (χ0) is 28.9. The van der Waals surface area contributed by atoms with Crippen LogP contribution >= 0.6 is 0 Å². The molecule has 1 fully saturated rings. The summed E-state index contributed by atoms with van der Waals surface area (Å²) in [5.74, 6) is 1.11. The maximum absolute atomic E-state index is 13.4. The van der Waals surface area contributed by atoms with Crippen LogP contribution in [0.4, 0.5) is 34.9 Å². The van der Waals surface area contributed by atoms with Crippen molar-refractivity contribution >= 4 is 40.8 Å². The quantitative estimate of drug-likeness (QED) is 0.255. The van der Waals surface area contributed by atoms with Gasteiger partial charge in [0.15, 0.2) is 0 Å². The second-order valence-corrected chi connectivity index (χ2v) is 10.8. The molecule has 0 unspecified atom stereocenters. The van der Waals surface area contributed by atoms with Crippen molar-refractivity contribution in [2.75, 3.05) is 47.0 Å². The van der Waals surface area contributed by atoms with Crippen molar-refractivity contribution in [1.82, 2.24) is 19.9 Å². The Labute approximate surface area is 242 Å². The minimum absolute atomic E-state index is 0.0192. The van der Waals surface area contributed by atoms with Gasteiger partial charge in [0, 0.05) is 43.2 Å². The van der Waals surface area contributed by atoms with Crippen LogP contribution in [0.5, 0.6) is 0 Å². The van der Waals surface area contributed by atoms with Crippen LogP contribution in [-0.2, 0) is 4.79 Å². The van der Waals surface area contributed by atoms with Gasteiger partial charge in [-0.05, 0) is 93.3 Å². The Balaban J connectivity index is 1.33. The average Bonchev–Trinajstić information content (AvgIpc) is 2.92. The van der Waals surface area contributed by atoms with E-state index in [0.29, 0.717) is 30.9 Å². The first kappa shape index (κ1) is 27.9. The molecule has 1 saturated heterocycles. The molecule has 2 heterocycles. The van der Waals surface area contributed by atoms with Gasteiger partial charge in [0.1, 0.15) is 6.04 Å². The minimum atomic E-state index is -0.510. The number of amides is 1. The molecule has 0 aliphatic carbocycles. The van der Waals surface area contributed by atoms with Crippen LogP contribution < -0.4 is 20.9 Å². The van der Waals surface area contributed by atoms with Crippen molar-refractivity contribution in [3.63, 3.8) is 0 Å². The van der Waals surface area contributed by atoms with Gasteiger partial charge in [-0.25, -0.2) is 0 Å². The van der Waals surface area contributed by atoms with Gasteiger partial charge in [-0.15, -0.1) is 0 Å². The number of piperazine rings is 1. The molecule has 212 valence electrons. The number of carbonyl (C=O) groups excluding carboxylic acids is 1. The molecule has 1 amide bonds. The monoisotopic (exact) mass is 550 g/mol. The Morgan fingerprint density at radius 2 is 1.15 bits per heavy atom. The zero-order valence-corrected chi connectivity index (χ0v) is 24.4. The standard InChI is InChI=1S/C32H38N8O/c1-21-15-22(2)18-26(17-21)34-31-36-30(37-32(38-31)35-27-19-23(3)16-24(4)20-27)33-25(5)29(41)40-13-11-39(12-14-40)28-9-7-6-8-10-28/h6-10,15-20,25H,11-14H2,1-5H3,(H3,33,34,35,36,37,38)/t25-/m1/s1. The van der Waals surface area contributed by atoms with Crippen molar-refractivity contribution < 1.29 is 4.79 Å². The van der Waals surface area contributed by atoms with Crippen LogP contribution in [0.1, 0.15) is 29.2 Å². The van der Waals surface area contributed by atoms with Crippen LogP contribution in [0.25, 0.3) is 0 Å². The fourth-order valence-corrected chi connectivity index (χ4v) is 5.26. The first-order chi connectivity index (χ1) is 19.7. The summed E-state index contributed by atoms with van der Waals surface area (Å²) in [6.07, 6.45) is 0. The van der Waals surface area contributed by atoms with Crippen molar-refractivity contribution in [3.8, 4) is 0 Å². The number of nitrogens with zero attached hydrogens (tertiary/aromatic N) is 5. The van der Waals surface area contributed by atoms with Gasteiger partial charge in [-0.1, -0.05) is 30.3 Å². The highest BCUT2D eigenvalue weighted by molar-refractivity contribution is 5.84. The summed E-state index contributed by atoms with van der Waals surface area (Å²) in [6.45, 7) is 13.0. The highest BCUT2D eigenvalue weighted by Crippen LogP contribution is 2.23. The van der Waals surface area contributed by atoms with Crippen LogP contribution in [0.3, 0.4) is 0 Å². The van der Waals surface area contributed by atoms with E-state index in [4.69, 9.17) is 0 Å². The van der Waals surface area contributed by atoms with Crippen molar-refractivity contribution in [2.24, 2.45) is 0 Å². The second kappa shape index (κ2) is 12.2. The van der Waals surface area contributed by atoms with Gasteiger partial charge in [0.25, 0.3) is 0 Å². The van der Waals surface area contributed by atoms with Gasteiger partial charge in [0.2, 0.25) is 23.8 Å². The smallest absolute Gasteiger partial charge is 0.244 e. The third kappa shape index (κ3) is 7.30. The van der Waals surface area contributed by atoms with E-state index >= 15 is 0 Å². The van der Waals surface area contributed by atoms with Crippen molar-refractivity contribution in [1.29, 1.82) is 0 Å². The summed E-state index contributed by atoms with van der Waals surface area (Å²) < 4.78 is 0. The maximum atomic E-state index is 13.4. The van der Waals surface area contributed by atoms with E-state index in [9.17, 15) is 4.79 Å². The predicted molar refractivity (Wildman–Crippen MR) is 167 cm³/mol. The van der Waals surface area contributed by atoms with Crippen LogP contribution in [0.15, 0.2) is 66.7 Å². The van der Waals surface area contributed by atoms with Gasteiger partial charge in [-0.3, -0.25) is 4.79 Å². The fourth-order valence-electron chi connectivity index (χ4n) is 5.26. The molecule has 1 aliphatic heterocycles. The minimum Gasteiger partial charge on any atom is -0.368 e. The molecule has 1 aromatic heterocycles. The average molecular weight is 551 g/mol. The number of aromatic nitrogens is 3. The molecule has 0 radical (unpaired) electrons. The largest absolute Gasteiger partial charge is 0.368 e. The second-order valence-electron chi connectivity index (χ2n) is 10.8. The van der Waals surface area contributed by atoms with Gasteiger partial charge in [-0.2, -0.15) is 15.0 Å². The number of hydrogen-bond donors (Lipinski definition) is 3. The van der Waals surface area contributed by atoms with Gasteiger partial charge < -0.3 is 25.8 Å². The SMILES string of the molecule is Cc1cc(C)cc(Nc2nc(Nc3cc(C)cc(C)c3)nc(N[C@H](C)C(=O)N3CCN(c4ccccc4)CC3)n2)c1. The molecule has 1 atom stereocenters. The third-order valence-corrected chi connectivity index (χ3v) is 7.02. The number of rotatable bonds is 8. The van der Waals surface area contributed by atoms with E-state index in [1.807, 2.05) is 54.3 Å². The van der Waals surface area contributed by atoms with Crippen molar-refractivity contribution in [2.45, 2.75) is 40.7 Å². The van der Waals surface area contributed by atoms with Gasteiger partial charge >= 0.3 is 0 Å². The molecule has 0 bridgehead atoms. The number of nitrogens with one attached hydrogen (secondary N) is 3. The number of carbonyl (C=O) groups is 1. The summed E-state index contributed by atoms with van der Waals surface area (Å²) in [6, 6.07) is 22.2. The summed E-state index contributed by atoms with van der Waals surface area (Å²) in [4.78, 5) is 31.5. The topological polar surface area (TPSA) is 98.3 Å². The van der Waals surface area contributed by atoms with E-state index < -0.39 is 6.04 Å². The molecule has 9 heteroatoms. The van der Waals surface area contributed by atoms with E-state index in [-0.39, 0.29) is 5.91 Å². The lowest BCUT2D eigenvalue weighted by atomic mass is 10.1.